The highest BCUT2D eigenvalue weighted by Gasteiger charge is 2.50. The van der Waals surface area contributed by atoms with Crippen LogP contribution in [-0.4, -0.2) is 68.7 Å². The van der Waals surface area contributed by atoms with Crippen molar-refractivity contribution in [3.63, 3.8) is 0 Å². The smallest absolute Gasteiger partial charge is 0.310 e. The average molecular weight is 526 g/mol. The Kier molecular flexibility index (Phi) is 6.01. The fraction of sp³-hybridized carbons (Fsp3) is 0.333. The van der Waals surface area contributed by atoms with E-state index in [0.29, 0.717) is 31.0 Å². The highest BCUT2D eigenvalue weighted by atomic mass is 16.4. The first-order valence-corrected chi connectivity index (χ1v) is 13.2. The number of amides is 3. The van der Waals surface area contributed by atoms with Gasteiger partial charge in [0, 0.05) is 29.6 Å². The lowest BCUT2D eigenvalue weighted by Gasteiger charge is -2.39. The van der Waals surface area contributed by atoms with Gasteiger partial charge in [-0.1, -0.05) is 69.3 Å². The van der Waals surface area contributed by atoms with Gasteiger partial charge < -0.3 is 24.5 Å². The summed E-state index contributed by atoms with van der Waals surface area (Å²) in [6.07, 6.45) is 2.26. The highest BCUT2D eigenvalue weighted by molar-refractivity contribution is 6.00. The number of hydrogen-bond acceptors (Lipinski definition) is 5. The Labute approximate surface area is 226 Å². The Morgan fingerprint density at radius 3 is 2.38 bits per heavy atom. The number of hydrogen-bond donors (Lipinski definition) is 2. The van der Waals surface area contributed by atoms with Gasteiger partial charge >= 0.3 is 5.91 Å². The van der Waals surface area contributed by atoms with Crippen molar-refractivity contribution in [2.75, 3.05) is 13.1 Å². The molecule has 4 aromatic rings. The van der Waals surface area contributed by atoms with E-state index < -0.39 is 11.5 Å². The third kappa shape index (κ3) is 4.58. The highest BCUT2D eigenvalue weighted by Crippen LogP contribution is 2.34. The molecule has 0 spiro atoms. The van der Waals surface area contributed by atoms with Crippen molar-refractivity contribution in [3.05, 3.63) is 78.4 Å². The van der Waals surface area contributed by atoms with Gasteiger partial charge in [0.1, 0.15) is 11.7 Å². The summed E-state index contributed by atoms with van der Waals surface area (Å²) in [7, 11) is 0. The second-order valence-electron chi connectivity index (χ2n) is 11.4. The van der Waals surface area contributed by atoms with Gasteiger partial charge in [0.05, 0.1) is 18.3 Å². The second kappa shape index (κ2) is 9.41. The molecular weight excluding hydrogens is 494 g/mol. The van der Waals surface area contributed by atoms with E-state index in [2.05, 4.69) is 15.3 Å². The van der Waals surface area contributed by atoms with E-state index in [1.54, 1.807) is 17.2 Å². The zero-order chi connectivity index (χ0) is 27.3. The van der Waals surface area contributed by atoms with Gasteiger partial charge in [-0.15, -0.1) is 0 Å². The van der Waals surface area contributed by atoms with Gasteiger partial charge in [0.2, 0.25) is 5.91 Å². The number of carbonyl (C=O) groups is 3. The van der Waals surface area contributed by atoms with E-state index in [-0.39, 0.29) is 35.7 Å². The number of oxazole rings is 1. The van der Waals surface area contributed by atoms with Gasteiger partial charge in [-0.2, -0.15) is 0 Å². The molecule has 200 valence electrons. The molecule has 2 bridgehead atoms. The number of aromatic nitrogens is 2. The number of benzene rings is 2. The molecule has 4 heterocycles. The van der Waals surface area contributed by atoms with Crippen molar-refractivity contribution in [1.29, 1.82) is 0 Å². The van der Waals surface area contributed by atoms with Crippen LogP contribution in [0, 0.1) is 5.41 Å². The minimum Gasteiger partial charge on any atom is -0.432 e. The van der Waals surface area contributed by atoms with Crippen LogP contribution < -0.4 is 5.32 Å². The molecule has 2 N–H and O–H groups in total. The molecule has 2 aliphatic rings. The molecule has 0 aliphatic carbocycles. The largest absolute Gasteiger partial charge is 0.432 e. The van der Waals surface area contributed by atoms with Crippen molar-refractivity contribution in [2.45, 2.75) is 45.3 Å². The van der Waals surface area contributed by atoms with Crippen LogP contribution in [0.2, 0.25) is 0 Å². The van der Waals surface area contributed by atoms with Crippen molar-refractivity contribution in [3.8, 4) is 11.3 Å². The number of para-hydroxylation sites is 1. The third-order valence-corrected chi connectivity index (χ3v) is 7.69. The maximum atomic E-state index is 13.8. The van der Waals surface area contributed by atoms with Crippen LogP contribution in [0.25, 0.3) is 22.2 Å². The van der Waals surface area contributed by atoms with Crippen LogP contribution in [0.4, 0.5) is 0 Å². The first-order chi connectivity index (χ1) is 18.7. The first-order valence-electron chi connectivity index (χ1n) is 13.2. The monoisotopic (exact) mass is 525 g/mol. The van der Waals surface area contributed by atoms with E-state index in [1.807, 2.05) is 80.3 Å². The lowest BCUT2D eigenvalue weighted by molar-refractivity contribution is -0.138. The summed E-state index contributed by atoms with van der Waals surface area (Å²) in [5, 5.41) is 3.92. The number of piperazine rings is 1. The topological polar surface area (TPSA) is 112 Å². The molecule has 39 heavy (non-hydrogen) atoms. The van der Waals surface area contributed by atoms with E-state index in [4.69, 9.17) is 4.42 Å². The third-order valence-electron chi connectivity index (χ3n) is 7.69. The SMILES string of the molecule is CC(C)(C)C(NC(=O)c1cc2ccccc2[nH]1)C(=O)N1CC2CC1CN2C(=O)c1ncc(-c2ccccc2)o1. The molecule has 3 unspecified atom stereocenters. The number of nitrogens with zero attached hydrogens (tertiary/aromatic N) is 3. The maximum Gasteiger partial charge on any atom is 0.310 e. The predicted molar refractivity (Wildman–Crippen MR) is 146 cm³/mol. The first kappa shape index (κ1) is 24.9. The minimum atomic E-state index is -0.722. The summed E-state index contributed by atoms with van der Waals surface area (Å²) in [6.45, 7) is 6.65. The number of fused-ring (bicyclic) bond motifs is 3. The van der Waals surface area contributed by atoms with Gasteiger partial charge in [0.15, 0.2) is 5.76 Å². The van der Waals surface area contributed by atoms with E-state index >= 15 is 0 Å². The lowest BCUT2D eigenvalue weighted by Crippen LogP contribution is -2.59. The van der Waals surface area contributed by atoms with E-state index in [0.717, 1.165) is 16.5 Å². The molecule has 0 radical (unpaired) electrons. The average Bonchev–Trinajstić information content (AvgIpc) is 3.73. The Balaban J connectivity index is 1.14. The zero-order valence-corrected chi connectivity index (χ0v) is 22.2. The molecular formula is C30H31N5O4. The molecule has 3 atom stereocenters. The molecule has 3 amide bonds. The molecule has 9 heteroatoms. The van der Waals surface area contributed by atoms with Crippen LogP contribution in [0.15, 0.2) is 71.3 Å². The Morgan fingerprint density at radius 1 is 1.00 bits per heavy atom. The number of carbonyl (C=O) groups excluding carboxylic acids is 3. The van der Waals surface area contributed by atoms with Crippen molar-refractivity contribution in [2.24, 2.45) is 5.41 Å². The van der Waals surface area contributed by atoms with Crippen LogP contribution in [0.5, 0.6) is 0 Å². The molecule has 2 fully saturated rings. The van der Waals surface area contributed by atoms with E-state index in [9.17, 15) is 14.4 Å². The van der Waals surface area contributed by atoms with Crippen LogP contribution >= 0.6 is 0 Å². The number of aromatic amines is 1. The molecule has 2 aromatic heterocycles. The molecule has 2 aliphatic heterocycles. The molecule has 6 rings (SSSR count). The Hall–Kier alpha value is -4.40. The van der Waals surface area contributed by atoms with Crippen LogP contribution in [-0.2, 0) is 4.79 Å². The lowest BCUT2D eigenvalue weighted by atomic mass is 9.85. The van der Waals surface area contributed by atoms with Crippen molar-refractivity contribution >= 4 is 28.6 Å². The fourth-order valence-corrected chi connectivity index (χ4v) is 5.64. The maximum absolute atomic E-state index is 13.8. The quantitative estimate of drug-likeness (QED) is 0.408. The van der Waals surface area contributed by atoms with E-state index in [1.165, 1.54) is 0 Å². The van der Waals surface area contributed by atoms with Gasteiger partial charge in [-0.25, -0.2) is 4.98 Å². The molecule has 9 nitrogen and oxygen atoms in total. The summed E-state index contributed by atoms with van der Waals surface area (Å²) >= 11 is 0. The van der Waals surface area contributed by atoms with Gasteiger partial charge in [-0.3, -0.25) is 14.4 Å². The number of H-pyrrole nitrogens is 1. The van der Waals surface area contributed by atoms with Gasteiger partial charge in [0.25, 0.3) is 11.8 Å². The van der Waals surface area contributed by atoms with Crippen LogP contribution in [0.3, 0.4) is 0 Å². The summed E-state index contributed by atoms with van der Waals surface area (Å²) in [6, 6.07) is 18.0. The Morgan fingerprint density at radius 2 is 1.69 bits per heavy atom. The predicted octanol–water partition coefficient (Wildman–Crippen LogP) is 4.09. The van der Waals surface area contributed by atoms with Gasteiger partial charge in [-0.05, 0) is 24.0 Å². The van der Waals surface area contributed by atoms with Crippen molar-refractivity contribution < 1.29 is 18.8 Å². The van der Waals surface area contributed by atoms with Crippen LogP contribution in [0.1, 0.15) is 48.4 Å². The standard InChI is InChI=1S/C30H31N5O4/c1-30(2,3)25(33-26(36)23-13-19-11-7-8-12-22(19)32-23)28(37)34-16-21-14-20(34)17-35(21)29(38)27-31-15-24(39-27)18-9-5-4-6-10-18/h4-13,15,20-21,25,32H,14,16-17H2,1-3H3,(H,33,36). The molecule has 2 aromatic carbocycles. The normalized spacial score (nSPS) is 19.5. The number of likely N-dealkylation sites (tertiary alicyclic amines) is 2. The fourth-order valence-electron chi connectivity index (χ4n) is 5.64. The molecule has 0 saturated carbocycles. The summed E-state index contributed by atoms with van der Waals surface area (Å²) in [5.74, 6) is -0.125. The van der Waals surface area contributed by atoms with Crippen molar-refractivity contribution in [1.82, 2.24) is 25.1 Å². The Bertz CT molecular complexity index is 1520. The summed E-state index contributed by atoms with van der Waals surface area (Å²) < 4.78 is 5.78. The number of nitrogens with one attached hydrogen (secondary N) is 2. The molecule has 2 saturated heterocycles. The zero-order valence-electron chi connectivity index (χ0n) is 22.2. The second-order valence-corrected chi connectivity index (χ2v) is 11.4. The summed E-state index contributed by atoms with van der Waals surface area (Å²) in [5.41, 5.74) is 1.62. The minimum absolute atomic E-state index is 0.0532. The number of rotatable bonds is 5. The summed E-state index contributed by atoms with van der Waals surface area (Å²) in [4.78, 5) is 51.1.